The molecule has 0 spiro atoms. The first-order chi connectivity index (χ1) is 12.7. The highest BCUT2D eigenvalue weighted by Gasteiger charge is 2.33. The fraction of sp³-hybridized carbons (Fsp3) is 0.286. The first kappa shape index (κ1) is 17.2. The van der Waals surface area contributed by atoms with Gasteiger partial charge in [0.2, 0.25) is 0 Å². The van der Waals surface area contributed by atoms with Crippen LogP contribution in [0.5, 0.6) is 0 Å². The Bertz CT molecular complexity index is 938. The van der Waals surface area contributed by atoms with Crippen LogP contribution < -0.4 is 0 Å². The van der Waals surface area contributed by atoms with Gasteiger partial charge in [0.05, 0.1) is 17.5 Å². The maximum Gasteiger partial charge on any atom is 0.264 e. The number of halogens is 1. The zero-order valence-electron chi connectivity index (χ0n) is 14.6. The van der Waals surface area contributed by atoms with Crippen molar-refractivity contribution in [2.45, 2.75) is 25.5 Å². The van der Waals surface area contributed by atoms with Gasteiger partial charge in [-0.05, 0) is 30.5 Å². The highest BCUT2D eigenvalue weighted by atomic mass is 32.1. The van der Waals surface area contributed by atoms with Gasteiger partial charge in [0.1, 0.15) is 5.82 Å². The van der Waals surface area contributed by atoms with Gasteiger partial charge in [0.15, 0.2) is 0 Å². The van der Waals surface area contributed by atoms with Crippen molar-refractivity contribution in [3.8, 4) is 0 Å². The quantitative estimate of drug-likeness (QED) is 0.635. The monoisotopic (exact) mass is 369 g/mol. The number of carbonyl (C=O) groups is 1. The average Bonchev–Trinajstić information content (AvgIpc) is 3.28. The van der Waals surface area contributed by atoms with Gasteiger partial charge in [0, 0.05) is 29.3 Å². The molecule has 1 aromatic heterocycles. The minimum Gasteiger partial charge on any atom is -0.380 e. The average molecular weight is 369 g/mol. The number of thiophene rings is 1. The van der Waals surface area contributed by atoms with Crippen LogP contribution in [0.1, 0.15) is 39.7 Å². The largest absolute Gasteiger partial charge is 0.380 e. The molecule has 0 bridgehead atoms. The summed E-state index contributed by atoms with van der Waals surface area (Å²) in [7, 11) is 1.57. The zero-order valence-corrected chi connectivity index (χ0v) is 15.4. The summed E-state index contributed by atoms with van der Waals surface area (Å²) in [6.45, 7) is 0.952. The molecule has 4 rings (SSSR count). The number of methoxy groups -OCH3 is 1. The molecule has 0 saturated carbocycles. The number of hydrogen-bond donors (Lipinski definition) is 0. The number of fused-ring (bicyclic) bond motifs is 1. The van der Waals surface area contributed by atoms with Crippen molar-refractivity contribution in [3.63, 3.8) is 0 Å². The topological polar surface area (TPSA) is 29.5 Å². The third-order valence-corrected chi connectivity index (χ3v) is 6.13. The van der Waals surface area contributed by atoms with Crippen LogP contribution in [0.25, 0.3) is 10.1 Å². The van der Waals surface area contributed by atoms with E-state index in [4.69, 9.17) is 4.74 Å². The van der Waals surface area contributed by atoms with Crippen LogP contribution in [0, 0.1) is 5.82 Å². The second-order valence-corrected chi connectivity index (χ2v) is 7.58. The smallest absolute Gasteiger partial charge is 0.264 e. The Hall–Kier alpha value is -2.24. The van der Waals surface area contributed by atoms with Gasteiger partial charge in [-0.3, -0.25) is 4.79 Å². The fourth-order valence-electron chi connectivity index (χ4n) is 3.78. The lowest BCUT2D eigenvalue weighted by atomic mass is 10.0. The Kier molecular flexibility index (Phi) is 4.74. The van der Waals surface area contributed by atoms with Crippen molar-refractivity contribution < 1.29 is 13.9 Å². The maximum absolute atomic E-state index is 14.4. The number of likely N-dealkylation sites (tertiary alicyclic amines) is 1. The number of ether oxygens (including phenoxy) is 1. The van der Waals surface area contributed by atoms with Gasteiger partial charge in [-0.1, -0.05) is 36.4 Å². The van der Waals surface area contributed by atoms with Crippen LogP contribution in [0.15, 0.2) is 48.5 Å². The fourth-order valence-corrected chi connectivity index (χ4v) is 4.96. The molecule has 5 heteroatoms. The Morgan fingerprint density at radius 3 is 2.81 bits per heavy atom. The van der Waals surface area contributed by atoms with Crippen molar-refractivity contribution in [1.82, 2.24) is 4.90 Å². The van der Waals surface area contributed by atoms with E-state index in [-0.39, 0.29) is 24.4 Å². The van der Waals surface area contributed by atoms with E-state index in [9.17, 15) is 9.18 Å². The molecular weight excluding hydrogens is 349 g/mol. The third kappa shape index (κ3) is 2.91. The van der Waals surface area contributed by atoms with E-state index in [0.29, 0.717) is 15.8 Å². The van der Waals surface area contributed by atoms with Crippen molar-refractivity contribution in [2.24, 2.45) is 0 Å². The van der Waals surface area contributed by atoms with Gasteiger partial charge >= 0.3 is 0 Å². The SMILES string of the molecule is COCc1c(C(=O)N2CCCC2c2ccccc2)sc2cccc(F)c12. The second kappa shape index (κ2) is 7.17. The van der Waals surface area contributed by atoms with Crippen molar-refractivity contribution in [1.29, 1.82) is 0 Å². The van der Waals surface area contributed by atoms with Crippen LogP contribution >= 0.6 is 11.3 Å². The van der Waals surface area contributed by atoms with Crippen LogP contribution in [-0.4, -0.2) is 24.5 Å². The molecule has 1 saturated heterocycles. The molecule has 0 N–H and O–H groups in total. The first-order valence-corrected chi connectivity index (χ1v) is 9.57. The summed E-state index contributed by atoms with van der Waals surface area (Å²) >= 11 is 1.36. The predicted octanol–water partition coefficient (Wildman–Crippen LogP) is 5.16. The Morgan fingerprint density at radius 1 is 1.23 bits per heavy atom. The van der Waals surface area contributed by atoms with Crippen LogP contribution in [0.3, 0.4) is 0 Å². The Labute approximate surface area is 156 Å². The number of nitrogens with zero attached hydrogens (tertiary/aromatic N) is 1. The second-order valence-electron chi connectivity index (χ2n) is 6.52. The summed E-state index contributed by atoms with van der Waals surface area (Å²) in [5, 5.41) is 0.512. The van der Waals surface area contributed by atoms with Gasteiger partial charge in [-0.25, -0.2) is 4.39 Å². The van der Waals surface area contributed by atoms with E-state index < -0.39 is 0 Å². The molecule has 1 unspecified atom stereocenters. The number of benzene rings is 2. The molecule has 0 radical (unpaired) electrons. The summed E-state index contributed by atoms with van der Waals surface area (Å²) in [4.78, 5) is 15.9. The summed E-state index contributed by atoms with van der Waals surface area (Å²) in [6.07, 6.45) is 1.93. The van der Waals surface area contributed by atoms with Gasteiger partial charge in [-0.15, -0.1) is 11.3 Å². The first-order valence-electron chi connectivity index (χ1n) is 8.75. The molecule has 3 aromatic rings. The molecule has 1 fully saturated rings. The van der Waals surface area contributed by atoms with E-state index in [0.717, 1.165) is 29.6 Å². The van der Waals surface area contributed by atoms with E-state index >= 15 is 0 Å². The molecule has 2 aromatic carbocycles. The normalized spacial score (nSPS) is 17.2. The molecule has 2 heterocycles. The molecular formula is C21H20FNO2S. The zero-order chi connectivity index (χ0) is 18.1. The summed E-state index contributed by atoms with van der Waals surface area (Å²) in [5.74, 6) is -0.324. The standard InChI is InChI=1S/C21H20FNO2S/c1-25-13-15-19-16(22)9-5-11-18(19)26-20(15)21(24)23-12-6-10-17(23)14-7-3-2-4-8-14/h2-5,7-9,11,17H,6,10,12-13H2,1H3. The molecule has 1 amide bonds. The van der Waals surface area contributed by atoms with Crippen molar-refractivity contribution in [3.05, 3.63) is 70.4 Å². The van der Waals surface area contributed by atoms with Crippen LogP contribution in [0.2, 0.25) is 0 Å². The number of carbonyl (C=O) groups excluding carboxylic acids is 1. The van der Waals surface area contributed by atoms with Crippen molar-refractivity contribution in [2.75, 3.05) is 13.7 Å². The summed E-state index contributed by atoms with van der Waals surface area (Å²) in [5.41, 5.74) is 1.81. The molecule has 1 atom stereocenters. The molecule has 134 valence electrons. The molecule has 26 heavy (non-hydrogen) atoms. The third-order valence-electron chi connectivity index (χ3n) is 4.94. The predicted molar refractivity (Wildman–Crippen MR) is 102 cm³/mol. The Morgan fingerprint density at radius 2 is 2.04 bits per heavy atom. The van der Waals surface area contributed by atoms with Crippen molar-refractivity contribution >= 4 is 27.3 Å². The minimum atomic E-state index is -0.300. The van der Waals surface area contributed by atoms with E-state index in [1.807, 2.05) is 29.2 Å². The summed E-state index contributed by atoms with van der Waals surface area (Å²) < 4.78 is 20.5. The number of rotatable bonds is 4. The molecule has 3 nitrogen and oxygen atoms in total. The van der Waals surface area contributed by atoms with Gasteiger partial charge in [0.25, 0.3) is 5.91 Å². The van der Waals surface area contributed by atoms with E-state index in [2.05, 4.69) is 12.1 Å². The maximum atomic E-state index is 14.4. The van der Waals surface area contributed by atoms with Crippen LogP contribution in [0.4, 0.5) is 4.39 Å². The highest BCUT2D eigenvalue weighted by molar-refractivity contribution is 7.21. The molecule has 0 aliphatic carbocycles. The van der Waals surface area contributed by atoms with Gasteiger partial charge < -0.3 is 9.64 Å². The van der Waals surface area contributed by atoms with Gasteiger partial charge in [-0.2, -0.15) is 0 Å². The minimum absolute atomic E-state index is 0.0241. The number of hydrogen-bond acceptors (Lipinski definition) is 3. The summed E-state index contributed by atoms with van der Waals surface area (Å²) in [6, 6.07) is 15.2. The lowest BCUT2D eigenvalue weighted by Crippen LogP contribution is -2.30. The Balaban J connectivity index is 1.76. The molecule has 1 aliphatic rings. The number of amides is 1. The molecule has 1 aliphatic heterocycles. The van der Waals surface area contributed by atoms with E-state index in [1.165, 1.54) is 17.4 Å². The van der Waals surface area contributed by atoms with Crippen LogP contribution in [-0.2, 0) is 11.3 Å². The lowest BCUT2D eigenvalue weighted by Gasteiger charge is -2.25. The lowest BCUT2D eigenvalue weighted by molar-refractivity contribution is 0.0736. The highest BCUT2D eigenvalue weighted by Crippen LogP contribution is 2.38. The van der Waals surface area contributed by atoms with E-state index in [1.54, 1.807) is 13.2 Å².